The molecule has 0 heterocycles. The Bertz CT molecular complexity index is 1610. The summed E-state index contributed by atoms with van der Waals surface area (Å²) in [5, 5.41) is 0. The van der Waals surface area contributed by atoms with E-state index in [0.717, 1.165) is 0 Å². The van der Waals surface area contributed by atoms with E-state index in [9.17, 15) is 47.9 Å². The molecule has 0 spiro atoms. The number of carbonyl (C=O) groups excluding carboxylic acids is 10. The average Bonchev–Trinajstić information content (AvgIpc) is 2.62. The van der Waals surface area contributed by atoms with Gasteiger partial charge in [0.2, 0.25) is 0 Å². The standard InChI is InChI=1S/C5H8O2.8CO.Rh/c1-4(6)3-5(2)7;8*1-2;/h3H2,1-2H3;;;;;;;;;. The van der Waals surface area contributed by atoms with E-state index in [2.05, 4.69) is 0 Å². The van der Waals surface area contributed by atoms with Gasteiger partial charge in [0.1, 0.15) is 11.6 Å². The van der Waals surface area contributed by atoms with Crippen LogP contribution in [0.3, 0.4) is 0 Å². The zero-order chi connectivity index (χ0) is 19.9. The average molecular weight is 427 g/mol. The molecule has 0 aromatic carbocycles. The summed E-state index contributed by atoms with van der Waals surface area (Å²) in [5.41, 5.74) is 0. The second-order valence-electron chi connectivity index (χ2n) is 4.46. The van der Waals surface area contributed by atoms with Gasteiger partial charge in [0.15, 0.2) is 0 Å². The first-order valence-corrected chi connectivity index (χ1v) is 11.6. The monoisotopic (exact) mass is 427 g/mol. The van der Waals surface area contributed by atoms with Gasteiger partial charge in [-0.2, -0.15) is 0 Å². The number of hydrogen-bond acceptors (Lipinski definition) is 10. The molecule has 0 radical (unpaired) electrons. The van der Waals surface area contributed by atoms with Gasteiger partial charge in [-0.25, -0.2) is 0 Å². The van der Waals surface area contributed by atoms with Gasteiger partial charge in [0.25, 0.3) is 0 Å². The van der Waals surface area contributed by atoms with Crippen LogP contribution in [0.15, 0.2) is 0 Å². The summed E-state index contributed by atoms with van der Waals surface area (Å²) in [6.45, 7) is -7.23. The Kier molecular flexibility index (Phi) is 4.12. The van der Waals surface area contributed by atoms with Crippen LogP contribution in [0.25, 0.3) is 0 Å². The van der Waals surface area contributed by atoms with Crippen molar-refractivity contribution in [3.63, 3.8) is 0 Å². The molecule has 0 saturated carbocycles. The van der Waals surface area contributed by atoms with Gasteiger partial charge < -0.3 is 0 Å². The Morgan fingerprint density at radius 3 is 0.708 bits per heavy atom. The van der Waals surface area contributed by atoms with Crippen LogP contribution in [0.1, 0.15) is 20.3 Å². The number of carbonyl (C=O) groups is 2. The second-order valence-corrected chi connectivity index (χ2v) is 18.6. The molecule has 129 valence electrons. The van der Waals surface area contributed by atoms with Crippen molar-refractivity contribution in [3.8, 4) is 0 Å². The first kappa shape index (κ1) is 22.9. The number of hydrogen-bond donors (Lipinski definition) is 0. The fraction of sp³-hybridized carbons (Fsp3) is 0.231. The summed E-state index contributed by atoms with van der Waals surface area (Å²) < 4.78 is -0.360. The molecule has 0 amide bonds. The fourth-order valence-electron chi connectivity index (χ4n) is 0.739. The molecule has 24 heavy (non-hydrogen) atoms. The van der Waals surface area contributed by atoms with Crippen LogP contribution >= 0.6 is 0 Å². The molecule has 0 N–H and O–H groups in total. The zero-order valence-electron chi connectivity index (χ0n) is 12.1. The molecule has 11 heteroatoms. The maximum absolute atomic E-state index is 10.8. The Hall–Kier alpha value is -3.40. The molecule has 0 saturated heterocycles. The Morgan fingerprint density at radius 2 is 0.708 bits per heavy atom. The van der Waals surface area contributed by atoms with Crippen LogP contribution in [0.4, 0.5) is 0 Å². The van der Waals surface area contributed by atoms with E-state index < -0.39 is 6.46 Å². The first-order chi connectivity index (χ1) is 10.8. The third-order valence-corrected chi connectivity index (χ3v) is 11.8. The van der Waals surface area contributed by atoms with Crippen LogP contribution in [-0.4, -0.2) is 47.4 Å². The van der Waals surface area contributed by atoms with Crippen LogP contribution in [-0.2, 0) is 54.4 Å². The van der Waals surface area contributed by atoms with Crippen molar-refractivity contribution < 1.29 is 54.4 Å². The van der Waals surface area contributed by atoms with E-state index in [1.807, 2.05) is 0 Å². The summed E-state index contributed by atoms with van der Waals surface area (Å²) in [7, 11) is 0. The van der Waals surface area contributed by atoms with E-state index in [0.29, 0.717) is 0 Å². The number of rotatable bonds is 2. The topological polar surface area (TPSA) is 171 Å². The van der Waals surface area contributed by atoms with Crippen LogP contribution in [0, 0.1) is 0 Å². The Morgan fingerprint density at radius 1 is 0.542 bits per heavy atom. The molecule has 0 aliphatic carbocycles. The Labute approximate surface area is 122 Å². The number of Topliss-reactive ketones (excluding diaryl/α,β-unsaturated/α-hetero) is 2. The van der Waals surface area contributed by atoms with Crippen LogP contribution in [0.5, 0.6) is 0 Å². The fourth-order valence-corrected chi connectivity index (χ4v) is 2.65. The summed E-state index contributed by atoms with van der Waals surface area (Å²) in [5.74, 6) is -0.125. The number of ketones is 2. The molecule has 0 aromatic rings. The van der Waals surface area contributed by atoms with Crippen molar-refractivity contribution in [1.82, 2.24) is 0 Å². The molecule has 0 aliphatic heterocycles. The van der Waals surface area contributed by atoms with E-state index in [1.165, 1.54) is 13.8 Å². The molecule has 0 unspecified atom stereocenters. The van der Waals surface area contributed by atoms with E-state index in [1.54, 1.807) is 0 Å². The summed E-state index contributed by atoms with van der Waals surface area (Å²) in [6.07, 6.45) is 0.0833. The minimum absolute atomic E-state index is 0.0450. The molecular weight excluding hydrogens is 419 g/mol. The normalized spacial score (nSPS) is 15.1. The van der Waals surface area contributed by atoms with Crippen molar-refractivity contribution in [2.24, 2.45) is 0 Å². The van der Waals surface area contributed by atoms with Crippen LogP contribution in [0.2, 0.25) is 0 Å². The van der Waals surface area contributed by atoms with Gasteiger partial charge in [-0.1, -0.05) is 0 Å². The van der Waals surface area contributed by atoms with Crippen molar-refractivity contribution in [3.05, 3.63) is 0 Å². The van der Waals surface area contributed by atoms with Gasteiger partial charge in [-0.3, -0.25) is 9.59 Å². The summed E-state index contributed by atoms with van der Waals surface area (Å²) in [6, 6.07) is 0. The van der Waals surface area contributed by atoms with Gasteiger partial charge in [-0.05, 0) is 13.8 Å². The van der Waals surface area contributed by atoms with Gasteiger partial charge in [0.05, 0.1) is 6.42 Å². The SMILES string of the molecule is CC(=O)CC(C)=O.O=[C]=[Rh](=[C]=O)(=[C]=O)(=[C]=O)(=[C]=O)(=[C]=O)(=[C]=O)=[C]=O. The zero-order valence-corrected chi connectivity index (χ0v) is 13.8. The van der Waals surface area contributed by atoms with Gasteiger partial charge in [-0.15, -0.1) is 0 Å². The first-order valence-electron chi connectivity index (χ1n) is 5.08. The van der Waals surface area contributed by atoms with E-state index >= 15 is 0 Å². The maximum atomic E-state index is 10.8. The molecular formula is C13H8O10Rh. The molecule has 10 nitrogen and oxygen atoms in total. The molecule has 0 aliphatic rings. The molecule has 0 atom stereocenters. The predicted molar refractivity (Wildman–Crippen MR) is 71.5 cm³/mol. The molecule has 0 bridgehead atoms. The molecule has 0 rings (SSSR count). The minimum atomic E-state index is -10.0. The Balaban J connectivity index is 0. The second kappa shape index (κ2) is 4.33. The summed E-state index contributed by atoms with van der Waals surface area (Å²) in [4.78, 5) is 107. The van der Waals surface area contributed by atoms with Gasteiger partial charge in [0, 0.05) is 0 Å². The van der Waals surface area contributed by atoms with Gasteiger partial charge >= 0.3 is 80.6 Å². The summed E-state index contributed by atoms with van der Waals surface area (Å²) >= 11 is 0. The molecule has 0 aromatic heterocycles. The predicted octanol–water partition coefficient (Wildman–Crippen LogP) is -2.62. The third kappa shape index (κ3) is 1.80. The van der Waals surface area contributed by atoms with E-state index in [4.69, 9.17) is 0 Å². The van der Waals surface area contributed by atoms with Crippen LogP contribution < -0.4 is 0 Å². The van der Waals surface area contributed by atoms with Crippen molar-refractivity contribution in [1.29, 1.82) is 0 Å². The van der Waals surface area contributed by atoms with Crippen molar-refractivity contribution in [2.75, 3.05) is 0 Å². The van der Waals surface area contributed by atoms with Crippen molar-refractivity contribution in [2.45, 2.75) is 20.3 Å². The third-order valence-electron chi connectivity index (χ3n) is 2.40. The van der Waals surface area contributed by atoms with Crippen molar-refractivity contribution >= 4 is 47.4 Å². The quantitative estimate of drug-likeness (QED) is 0.336. The van der Waals surface area contributed by atoms with E-state index in [-0.39, 0.29) is 53.8 Å². The molecule has 0 fully saturated rings.